The summed E-state index contributed by atoms with van der Waals surface area (Å²) in [6, 6.07) is 4.58. The SMILES string of the molecule is C=CCC(C)Cc1ccc(CC(C)CC=C)s1. The van der Waals surface area contributed by atoms with Gasteiger partial charge in [-0.3, -0.25) is 0 Å². The number of rotatable bonds is 8. The minimum atomic E-state index is 0.713. The van der Waals surface area contributed by atoms with Gasteiger partial charge in [-0.25, -0.2) is 0 Å². The van der Waals surface area contributed by atoms with E-state index in [1.807, 2.05) is 23.5 Å². The normalized spacial score (nSPS) is 14.2. The molecule has 0 aromatic carbocycles. The summed E-state index contributed by atoms with van der Waals surface area (Å²) in [6.45, 7) is 12.2. The molecule has 1 aromatic heterocycles. The Morgan fingerprint density at radius 1 is 1.00 bits per heavy atom. The third-order valence-corrected chi connectivity index (χ3v) is 4.08. The summed E-state index contributed by atoms with van der Waals surface area (Å²) < 4.78 is 0. The molecule has 0 saturated carbocycles. The molecular formula is C16H24S. The van der Waals surface area contributed by atoms with E-state index in [0.29, 0.717) is 11.8 Å². The van der Waals surface area contributed by atoms with Crippen LogP contribution in [0.25, 0.3) is 0 Å². The van der Waals surface area contributed by atoms with Gasteiger partial charge in [0.15, 0.2) is 0 Å². The van der Waals surface area contributed by atoms with Gasteiger partial charge in [0.05, 0.1) is 0 Å². The fourth-order valence-corrected chi connectivity index (χ4v) is 3.41. The molecule has 0 aliphatic heterocycles. The van der Waals surface area contributed by atoms with Gasteiger partial charge in [0.2, 0.25) is 0 Å². The van der Waals surface area contributed by atoms with Crippen LogP contribution < -0.4 is 0 Å². The van der Waals surface area contributed by atoms with Gasteiger partial charge in [-0.15, -0.1) is 24.5 Å². The molecule has 0 aliphatic rings. The maximum atomic E-state index is 3.80. The van der Waals surface area contributed by atoms with Gasteiger partial charge in [0.25, 0.3) is 0 Å². The first-order valence-corrected chi connectivity index (χ1v) is 7.26. The fraction of sp³-hybridized carbons (Fsp3) is 0.500. The van der Waals surface area contributed by atoms with Crippen molar-refractivity contribution in [1.82, 2.24) is 0 Å². The molecule has 94 valence electrons. The summed E-state index contributed by atoms with van der Waals surface area (Å²) in [6.07, 6.45) is 8.63. The molecule has 1 heteroatoms. The lowest BCUT2D eigenvalue weighted by Crippen LogP contribution is -1.96. The van der Waals surface area contributed by atoms with Gasteiger partial charge in [0, 0.05) is 9.75 Å². The smallest absolute Gasteiger partial charge is 0.00509 e. The highest BCUT2D eigenvalue weighted by Crippen LogP contribution is 2.24. The summed E-state index contributed by atoms with van der Waals surface area (Å²) >= 11 is 1.97. The Morgan fingerprint density at radius 2 is 1.41 bits per heavy atom. The van der Waals surface area contributed by atoms with Crippen LogP contribution in [-0.2, 0) is 12.8 Å². The molecule has 0 aliphatic carbocycles. The Bertz CT molecular complexity index is 316. The quantitative estimate of drug-likeness (QED) is 0.551. The van der Waals surface area contributed by atoms with E-state index in [0.717, 1.165) is 12.8 Å². The van der Waals surface area contributed by atoms with Crippen molar-refractivity contribution in [2.75, 3.05) is 0 Å². The van der Waals surface area contributed by atoms with E-state index in [1.165, 1.54) is 22.6 Å². The second-order valence-corrected chi connectivity index (χ2v) is 6.29. The molecular weight excluding hydrogens is 224 g/mol. The zero-order valence-corrected chi connectivity index (χ0v) is 11.9. The Labute approximate surface area is 110 Å². The summed E-state index contributed by atoms with van der Waals surface area (Å²) in [5.41, 5.74) is 0. The fourth-order valence-electron chi connectivity index (χ4n) is 2.06. The second kappa shape index (κ2) is 7.50. The largest absolute Gasteiger partial charge is 0.145 e. The Kier molecular flexibility index (Phi) is 6.28. The van der Waals surface area contributed by atoms with Crippen molar-refractivity contribution in [3.63, 3.8) is 0 Å². The predicted molar refractivity (Wildman–Crippen MR) is 79.7 cm³/mol. The Balaban J connectivity index is 2.47. The predicted octanol–water partition coefficient (Wildman–Crippen LogP) is 5.26. The van der Waals surface area contributed by atoms with E-state index in [2.05, 4.69) is 39.1 Å². The molecule has 0 amide bonds. The first-order chi connectivity index (χ1) is 8.15. The maximum absolute atomic E-state index is 3.80. The molecule has 0 saturated heterocycles. The molecule has 1 rings (SSSR count). The van der Waals surface area contributed by atoms with E-state index < -0.39 is 0 Å². The molecule has 0 bridgehead atoms. The Morgan fingerprint density at radius 3 is 1.76 bits per heavy atom. The van der Waals surface area contributed by atoms with E-state index in [4.69, 9.17) is 0 Å². The Hall–Kier alpha value is -0.820. The molecule has 1 heterocycles. The van der Waals surface area contributed by atoms with Crippen molar-refractivity contribution in [3.05, 3.63) is 47.2 Å². The monoisotopic (exact) mass is 248 g/mol. The molecule has 2 atom stereocenters. The average Bonchev–Trinajstić information content (AvgIpc) is 2.66. The van der Waals surface area contributed by atoms with E-state index in [-0.39, 0.29) is 0 Å². The number of hydrogen-bond acceptors (Lipinski definition) is 1. The van der Waals surface area contributed by atoms with E-state index >= 15 is 0 Å². The lowest BCUT2D eigenvalue weighted by atomic mass is 10.0. The van der Waals surface area contributed by atoms with Crippen molar-refractivity contribution in [3.8, 4) is 0 Å². The maximum Gasteiger partial charge on any atom is 0.00509 e. The topological polar surface area (TPSA) is 0 Å². The van der Waals surface area contributed by atoms with Crippen molar-refractivity contribution in [2.24, 2.45) is 11.8 Å². The lowest BCUT2D eigenvalue weighted by molar-refractivity contribution is 0.595. The van der Waals surface area contributed by atoms with E-state index in [1.54, 1.807) is 0 Å². The van der Waals surface area contributed by atoms with Gasteiger partial charge in [-0.05, 0) is 49.7 Å². The van der Waals surface area contributed by atoms with Crippen LogP contribution in [0.3, 0.4) is 0 Å². The first kappa shape index (κ1) is 14.2. The van der Waals surface area contributed by atoms with Crippen LogP contribution in [-0.4, -0.2) is 0 Å². The molecule has 0 radical (unpaired) electrons. The van der Waals surface area contributed by atoms with Crippen LogP contribution >= 0.6 is 11.3 Å². The summed E-state index contributed by atoms with van der Waals surface area (Å²) in [5, 5.41) is 0. The summed E-state index contributed by atoms with van der Waals surface area (Å²) in [4.78, 5) is 3.03. The van der Waals surface area contributed by atoms with Crippen LogP contribution in [0.15, 0.2) is 37.4 Å². The number of thiophene rings is 1. The molecule has 1 aromatic rings. The van der Waals surface area contributed by atoms with E-state index in [9.17, 15) is 0 Å². The molecule has 0 fully saturated rings. The van der Waals surface area contributed by atoms with Crippen molar-refractivity contribution < 1.29 is 0 Å². The van der Waals surface area contributed by atoms with Gasteiger partial charge in [-0.2, -0.15) is 0 Å². The number of allylic oxidation sites excluding steroid dienone is 2. The highest BCUT2D eigenvalue weighted by Gasteiger charge is 2.07. The van der Waals surface area contributed by atoms with Crippen LogP contribution in [0.5, 0.6) is 0 Å². The highest BCUT2D eigenvalue weighted by molar-refractivity contribution is 7.11. The summed E-state index contributed by atoms with van der Waals surface area (Å²) in [7, 11) is 0. The van der Waals surface area contributed by atoms with Gasteiger partial charge in [0.1, 0.15) is 0 Å². The van der Waals surface area contributed by atoms with Crippen molar-refractivity contribution in [2.45, 2.75) is 39.5 Å². The minimum absolute atomic E-state index is 0.713. The van der Waals surface area contributed by atoms with Gasteiger partial charge >= 0.3 is 0 Å². The molecule has 17 heavy (non-hydrogen) atoms. The number of hydrogen-bond donors (Lipinski definition) is 0. The molecule has 0 nitrogen and oxygen atoms in total. The molecule has 0 N–H and O–H groups in total. The molecule has 2 unspecified atom stereocenters. The zero-order valence-electron chi connectivity index (χ0n) is 11.1. The zero-order chi connectivity index (χ0) is 12.7. The van der Waals surface area contributed by atoms with Crippen molar-refractivity contribution in [1.29, 1.82) is 0 Å². The minimum Gasteiger partial charge on any atom is -0.145 e. The highest BCUT2D eigenvalue weighted by atomic mass is 32.1. The second-order valence-electron chi connectivity index (χ2n) is 5.04. The summed E-state index contributed by atoms with van der Waals surface area (Å²) in [5.74, 6) is 1.43. The van der Waals surface area contributed by atoms with Gasteiger partial charge < -0.3 is 0 Å². The van der Waals surface area contributed by atoms with Crippen LogP contribution in [0.1, 0.15) is 36.4 Å². The van der Waals surface area contributed by atoms with Crippen LogP contribution in [0, 0.1) is 11.8 Å². The lowest BCUT2D eigenvalue weighted by Gasteiger charge is -2.07. The molecule has 0 spiro atoms. The van der Waals surface area contributed by atoms with Crippen LogP contribution in [0.4, 0.5) is 0 Å². The third-order valence-electron chi connectivity index (χ3n) is 2.95. The van der Waals surface area contributed by atoms with Gasteiger partial charge in [-0.1, -0.05) is 26.0 Å². The third kappa shape index (κ3) is 5.36. The standard InChI is InChI=1S/C16H24S/c1-5-7-13(3)11-15-9-10-16(17-15)12-14(4)8-6-2/h5-6,9-10,13-14H,1-2,7-8,11-12H2,3-4H3. The van der Waals surface area contributed by atoms with Crippen molar-refractivity contribution >= 4 is 11.3 Å². The van der Waals surface area contributed by atoms with Crippen LogP contribution in [0.2, 0.25) is 0 Å². The first-order valence-electron chi connectivity index (χ1n) is 6.45. The average molecular weight is 248 g/mol.